The number of benzene rings is 1. The monoisotopic (exact) mass is 342 g/mol. The predicted molar refractivity (Wildman–Crippen MR) is 94.8 cm³/mol. The van der Waals surface area contributed by atoms with E-state index in [-0.39, 0.29) is 4.91 Å². The Morgan fingerprint density at radius 1 is 1.38 bits per heavy atom. The molecule has 24 heavy (non-hydrogen) atoms. The number of nitrogens with one attached hydrogen (secondary N) is 1. The van der Waals surface area contributed by atoms with Crippen molar-refractivity contribution in [1.29, 1.82) is 0 Å². The lowest BCUT2D eigenvalue weighted by Gasteiger charge is -1.98. The number of nitrogens with zero attached hydrogens (tertiary/aromatic N) is 3. The van der Waals surface area contributed by atoms with Gasteiger partial charge in [0.05, 0.1) is 0 Å². The summed E-state index contributed by atoms with van der Waals surface area (Å²) in [5, 5.41) is 17.8. The highest BCUT2D eigenvalue weighted by Gasteiger charge is 2.15. The summed E-state index contributed by atoms with van der Waals surface area (Å²) in [6.45, 7) is 4.85. The minimum atomic E-state index is -0.990. The number of H-pyrrole nitrogens is 1. The molecule has 2 N–H and O–H groups in total. The molecule has 0 unspecified atom stereocenters. The van der Waals surface area contributed by atoms with Gasteiger partial charge in [-0.05, 0) is 30.8 Å². The Hall–Kier alpha value is -2.54. The van der Waals surface area contributed by atoms with Crippen molar-refractivity contribution in [2.45, 2.75) is 32.0 Å². The normalized spacial score (nSPS) is 12.0. The van der Waals surface area contributed by atoms with E-state index >= 15 is 0 Å². The molecule has 0 atom stereocenters. The molecule has 0 aliphatic rings. The molecule has 1 aromatic carbocycles. The zero-order valence-corrected chi connectivity index (χ0v) is 14.3. The fourth-order valence-electron chi connectivity index (χ4n) is 2.51. The number of aliphatic carboxylic acids is 1. The van der Waals surface area contributed by atoms with Gasteiger partial charge in [0, 0.05) is 35.6 Å². The van der Waals surface area contributed by atoms with Gasteiger partial charge in [0.2, 0.25) is 5.16 Å². The standard InChI is InChI=1S/C17H18N4O2S/c1-3-15-18-17(20-19-15)24-14(16(22)23)9-11-10-21(4-2)13-8-6-5-7-12(11)13/h5-10H,3-4H2,1-2H3,(H,22,23)(H,18,19,20)/b14-9+. The van der Waals surface area contributed by atoms with Crippen molar-refractivity contribution in [2.75, 3.05) is 0 Å². The second kappa shape index (κ2) is 6.92. The smallest absolute Gasteiger partial charge is 0.342 e. The van der Waals surface area contributed by atoms with E-state index in [0.717, 1.165) is 47.0 Å². The van der Waals surface area contributed by atoms with Gasteiger partial charge in [0.1, 0.15) is 10.7 Å². The largest absolute Gasteiger partial charge is 0.477 e. The highest BCUT2D eigenvalue weighted by molar-refractivity contribution is 8.04. The minimum absolute atomic E-state index is 0.190. The molecule has 7 heteroatoms. The molecule has 0 radical (unpaired) electrons. The Morgan fingerprint density at radius 2 is 2.17 bits per heavy atom. The molecule has 0 fully saturated rings. The molecular weight excluding hydrogens is 324 g/mol. The number of carboxylic acid groups (broad SMARTS) is 1. The van der Waals surface area contributed by atoms with Gasteiger partial charge in [-0.2, -0.15) is 0 Å². The van der Waals surface area contributed by atoms with Crippen molar-refractivity contribution in [2.24, 2.45) is 0 Å². The van der Waals surface area contributed by atoms with E-state index in [2.05, 4.69) is 26.7 Å². The summed E-state index contributed by atoms with van der Waals surface area (Å²) >= 11 is 1.05. The zero-order valence-electron chi connectivity index (χ0n) is 13.5. The number of rotatable bonds is 6. The first kappa shape index (κ1) is 16.3. The highest BCUT2D eigenvalue weighted by atomic mass is 32.2. The van der Waals surface area contributed by atoms with Crippen LogP contribution in [0, 0.1) is 0 Å². The number of fused-ring (bicyclic) bond motifs is 1. The van der Waals surface area contributed by atoms with Crippen LogP contribution in [0.1, 0.15) is 25.2 Å². The third-order valence-electron chi connectivity index (χ3n) is 3.70. The van der Waals surface area contributed by atoms with Crippen LogP contribution in [0.25, 0.3) is 17.0 Å². The Labute approximate surface area is 143 Å². The fraction of sp³-hybridized carbons (Fsp3) is 0.235. The van der Waals surface area contributed by atoms with Crippen LogP contribution >= 0.6 is 11.8 Å². The Morgan fingerprint density at radius 3 is 2.83 bits per heavy atom. The second-order valence-electron chi connectivity index (χ2n) is 5.22. The fourth-order valence-corrected chi connectivity index (χ4v) is 3.22. The third kappa shape index (κ3) is 3.21. The summed E-state index contributed by atoms with van der Waals surface area (Å²) in [6, 6.07) is 7.97. The van der Waals surface area contributed by atoms with Crippen molar-refractivity contribution in [3.05, 3.63) is 46.8 Å². The van der Waals surface area contributed by atoms with Gasteiger partial charge in [0.25, 0.3) is 0 Å². The summed E-state index contributed by atoms with van der Waals surface area (Å²) < 4.78 is 2.10. The number of para-hydroxylation sites is 1. The number of carbonyl (C=O) groups is 1. The lowest BCUT2D eigenvalue weighted by molar-refractivity contribution is -0.131. The van der Waals surface area contributed by atoms with Crippen molar-refractivity contribution in [3.8, 4) is 0 Å². The molecule has 6 nitrogen and oxygen atoms in total. The highest BCUT2D eigenvalue weighted by Crippen LogP contribution is 2.29. The van der Waals surface area contributed by atoms with E-state index in [9.17, 15) is 9.90 Å². The van der Waals surface area contributed by atoms with Crippen molar-refractivity contribution < 1.29 is 9.90 Å². The van der Waals surface area contributed by atoms with Crippen LogP contribution in [0.2, 0.25) is 0 Å². The number of aromatic nitrogens is 4. The van der Waals surface area contributed by atoms with E-state index < -0.39 is 5.97 Å². The van der Waals surface area contributed by atoms with Crippen LogP contribution in [0.15, 0.2) is 40.5 Å². The first-order valence-electron chi connectivity index (χ1n) is 7.74. The molecule has 0 spiro atoms. The average molecular weight is 342 g/mol. The first-order valence-corrected chi connectivity index (χ1v) is 8.56. The molecular formula is C17H18N4O2S. The van der Waals surface area contributed by atoms with Crippen LogP contribution in [-0.4, -0.2) is 30.8 Å². The average Bonchev–Trinajstić information content (AvgIpc) is 3.19. The minimum Gasteiger partial charge on any atom is -0.477 e. The number of carboxylic acids is 1. The summed E-state index contributed by atoms with van der Waals surface area (Å²) in [4.78, 5) is 16.1. The lowest BCUT2D eigenvalue weighted by atomic mass is 10.1. The molecule has 124 valence electrons. The first-order chi connectivity index (χ1) is 11.6. The van der Waals surface area contributed by atoms with Crippen LogP contribution in [0.4, 0.5) is 0 Å². The van der Waals surface area contributed by atoms with Crippen LogP contribution in [0.3, 0.4) is 0 Å². The van der Waals surface area contributed by atoms with Gasteiger partial charge < -0.3 is 9.67 Å². The van der Waals surface area contributed by atoms with Crippen molar-refractivity contribution in [3.63, 3.8) is 0 Å². The molecule has 0 amide bonds. The van der Waals surface area contributed by atoms with Gasteiger partial charge in [-0.3, -0.25) is 5.10 Å². The Balaban J connectivity index is 2.01. The molecule has 0 saturated carbocycles. The summed E-state index contributed by atoms with van der Waals surface area (Å²) in [6.07, 6.45) is 4.39. The SMILES string of the molecule is CCc1nc(S/C(=C/c2cn(CC)c3ccccc23)C(=O)O)n[nH]1. The quantitative estimate of drug-likeness (QED) is 0.528. The molecule has 3 aromatic rings. The zero-order chi connectivity index (χ0) is 17.1. The molecule has 0 saturated heterocycles. The van der Waals surface area contributed by atoms with Gasteiger partial charge in [-0.1, -0.05) is 25.1 Å². The number of aryl methyl sites for hydroxylation is 2. The molecule has 2 aromatic heterocycles. The van der Waals surface area contributed by atoms with Gasteiger partial charge in [-0.25, -0.2) is 9.78 Å². The topological polar surface area (TPSA) is 83.8 Å². The molecule has 0 aliphatic carbocycles. The number of aromatic amines is 1. The van der Waals surface area contributed by atoms with Crippen LogP contribution < -0.4 is 0 Å². The van der Waals surface area contributed by atoms with Gasteiger partial charge in [0.15, 0.2) is 0 Å². The number of thioether (sulfide) groups is 1. The summed E-state index contributed by atoms with van der Waals surface area (Å²) in [5.41, 5.74) is 1.97. The third-order valence-corrected chi connectivity index (χ3v) is 4.58. The van der Waals surface area contributed by atoms with E-state index in [4.69, 9.17) is 0 Å². The van der Waals surface area contributed by atoms with E-state index in [1.54, 1.807) is 6.08 Å². The maximum Gasteiger partial charge on any atom is 0.342 e. The maximum absolute atomic E-state index is 11.6. The van der Waals surface area contributed by atoms with E-state index in [1.165, 1.54) is 0 Å². The van der Waals surface area contributed by atoms with Gasteiger partial charge in [-0.15, -0.1) is 5.10 Å². The maximum atomic E-state index is 11.6. The summed E-state index contributed by atoms with van der Waals surface area (Å²) in [7, 11) is 0. The molecule has 0 bridgehead atoms. The van der Waals surface area contributed by atoms with Crippen LogP contribution in [0.5, 0.6) is 0 Å². The van der Waals surface area contributed by atoms with Crippen LogP contribution in [-0.2, 0) is 17.8 Å². The van der Waals surface area contributed by atoms with Crippen molar-refractivity contribution in [1.82, 2.24) is 19.7 Å². The Bertz CT molecular complexity index is 910. The second-order valence-corrected chi connectivity index (χ2v) is 6.23. The molecule has 2 heterocycles. The number of hydrogen-bond acceptors (Lipinski definition) is 4. The predicted octanol–water partition coefficient (Wildman–Crippen LogP) is 3.56. The van der Waals surface area contributed by atoms with E-state index in [1.807, 2.05) is 37.4 Å². The lowest BCUT2D eigenvalue weighted by Crippen LogP contribution is -1.97. The van der Waals surface area contributed by atoms with E-state index in [0.29, 0.717) is 5.16 Å². The molecule has 3 rings (SSSR count). The van der Waals surface area contributed by atoms with Crippen molar-refractivity contribution >= 4 is 34.7 Å². The summed E-state index contributed by atoms with van der Waals surface area (Å²) in [5.74, 6) is -0.249. The number of hydrogen-bond donors (Lipinski definition) is 2. The molecule has 0 aliphatic heterocycles. The van der Waals surface area contributed by atoms with Gasteiger partial charge >= 0.3 is 5.97 Å². The Kier molecular flexibility index (Phi) is 4.71.